The van der Waals surface area contributed by atoms with Crippen LogP contribution in [0.25, 0.3) is 12.2 Å². The zero-order chi connectivity index (χ0) is 17.4. The molecule has 0 aliphatic carbocycles. The first-order valence-electron chi connectivity index (χ1n) is 7.17. The second kappa shape index (κ2) is 9.11. The SMILES string of the molecule is C=CC(=O)Sc1ccc(/C=C/c2ccc(SC(=O)C=C)cc2)cc1. The van der Waals surface area contributed by atoms with E-state index in [-0.39, 0.29) is 10.2 Å². The third-order valence-corrected chi connectivity index (χ3v) is 4.75. The molecule has 0 heterocycles. The molecule has 0 aromatic heterocycles. The van der Waals surface area contributed by atoms with Crippen molar-refractivity contribution in [2.45, 2.75) is 9.79 Å². The monoisotopic (exact) mass is 352 g/mol. The smallest absolute Gasteiger partial charge is 0.216 e. The Balaban J connectivity index is 1.99. The quantitative estimate of drug-likeness (QED) is 0.392. The maximum absolute atomic E-state index is 11.3. The average Bonchev–Trinajstić information content (AvgIpc) is 2.62. The van der Waals surface area contributed by atoms with E-state index in [1.807, 2.05) is 60.7 Å². The first-order chi connectivity index (χ1) is 11.6. The highest BCUT2D eigenvalue weighted by molar-refractivity contribution is 8.14. The molecule has 24 heavy (non-hydrogen) atoms. The van der Waals surface area contributed by atoms with Gasteiger partial charge in [-0.05, 0) is 71.1 Å². The van der Waals surface area contributed by atoms with Gasteiger partial charge >= 0.3 is 0 Å². The predicted molar refractivity (Wildman–Crippen MR) is 104 cm³/mol. The number of benzene rings is 2. The Labute approximate surface area is 150 Å². The maximum Gasteiger partial charge on any atom is 0.216 e. The van der Waals surface area contributed by atoms with Gasteiger partial charge in [-0.3, -0.25) is 9.59 Å². The first kappa shape index (κ1) is 18.0. The topological polar surface area (TPSA) is 34.1 Å². The molecule has 0 fully saturated rings. The minimum Gasteiger partial charge on any atom is -0.282 e. The zero-order valence-electron chi connectivity index (χ0n) is 13.0. The number of thioether (sulfide) groups is 2. The van der Waals surface area contributed by atoms with Gasteiger partial charge in [-0.1, -0.05) is 49.6 Å². The standard InChI is InChI=1S/C20H16O2S2/c1-3-19(21)23-17-11-7-15(8-12-17)5-6-16-9-13-18(14-10-16)24-20(22)4-2/h3-14H,1-2H2/b6-5+. The molecule has 0 bridgehead atoms. The fraction of sp³-hybridized carbons (Fsp3) is 0. The van der Waals surface area contributed by atoms with Crippen molar-refractivity contribution in [3.8, 4) is 0 Å². The van der Waals surface area contributed by atoms with Crippen molar-refractivity contribution < 1.29 is 9.59 Å². The molecule has 2 rings (SSSR count). The molecule has 0 spiro atoms. The fourth-order valence-electron chi connectivity index (χ4n) is 1.80. The molecule has 0 radical (unpaired) electrons. The van der Waals surface area contributed by atoms with Crippen molar-refractivity contribution in [1.29, 1.82) is 0 Å². The highest BCUT2D eigenvalue weighted by atomic mass is 32.2. The molecule has 2 nitrogen and oxygen atoms in total. The molecule has 2 aromatic rings. The Bertz CT molecular complexity index is 705. The molecule has 4 heteroatoms. The number of hydrogen-bond acceptors (Lipinski definition) is 4. The van der Waals surface area contributed by atoms with Gasteiger partial charge in [-0.15, -0.1) is 0 Å². The molecule has 0 aliphatic rings. The van der Waals surface area contributed by atoms with E-state index >= 15 is 0 Å². The highest BCUT2D eigenvalue weighted by Gasteiger charge is 2.00. The lowest BCUT2D eigenvalue weighted by molar-refractivity contribution is -0.107. The Morgan fingerprint density at radius 3 is 1.29 bits per heavy atom. The van der Waals surface area contributed by atoms with Crippen molar-refractivity contribution in [3.05, 3.63) is 85.0 Å². The molecule has 0 N–H and O–H groups in total. The van der Waals surface area contributed by atoms with Crippen molar-refractivity contribution in [3.63, 3.8) is 0 Å². The van der Waals surface area contributed by atoms with Gasteiger partial charge in [0.15, 0.2) is 0 Å². The highest BCUT2D eigenvalue weighted by Crippen LogP contribution is 2.22. The first-order valence-corrected chi connectivity index (χ1v) is 8.81. The lowest BCUT2D eigenvalue weighted by atomic mass is 10.1. The Kier molecular flexibility index (Phi) is 6.85. The van der Waals surface area contributed by atoms with Crippen LogP contribution in [0.15, 0.2) is 83.6 Å². The summed E-state index contributed by atoms with van der Waals surface area (Å²) in [6.45, 7) is 6.92. The molecule has 0 saturated carbocycles. The number of carbonyl (C=O) groups excluding carboxylic acids is 2. The summed E-state index contributed by atoms with van der Waals surface area (Å²) in [4.78, 5) is 24.4. The summed E-state index contributed by atoms with van der Waals surface area (Å²) in [7, 11) is 0. The third-order valence-electron chi connectivity index (χ3n) is 3.00. The van der Waals surface area contributed by atoms with Crippen molar-refractivity contribution in [1.82, 2.24) is 0 Å². The number of hydrogen-bond donors (Lipinski definition) is 0. The van der Waals surface area contributed by atoms with Gasteiger partial charge in [0, 0.05) is 9.79 Å². The number of carbonyl (C=O) groups is 2. The van der Waals surface area contributed by atoms with Crippen LogP contribution in [0.1, 0.15) is 11.1 Å². The summed E-state index contributed by atoms with van der Waals surface area (Å²) in [6, 6.07) is 15.5. The van der Waals surface area contributed by atoms with Gasteiger partial charge in [0.2, 0.25) is 10.2 Å². The van der Waals surface area contributed by atoms with E-state index in [1.54, 1.807) is 0 Å². The van der Waals surface area contributed by atoms with Gasteiger partial charge in [0.25, 0.3) is 0 Å². The third kappa shape index (κ3) is 5.72. The van der Waals surface area contributed by atoms with Gasteiger partial charge < -0.3 is 0 Å². The molecular weight excluding hydrogens is 336 g/mol. The minimum atomic E-state index is -0.0637. The second-order valence-electron chi connectivity index (χ2n) is 4.72. The molecular formula is C20H16O2S2. The van der Waals surface area contributed by atoms with Gasteiger partial charge in [0.05, 0.1) is 0 Å². The summed E-state index contributed by atoms with van der Waals surface area (Å²) in [5, 5.41) is -0.127. The van der Waals surface area contributed by atoms with Crippen LogP contribution in [0.5, 0.6) is 0 Å². The Morgan fingerprint density at radius 2 is 1.00 bits per heavy atom. The lowest BCUT2D eigenvalue weighted by Crippen LogP contribution is -1.83. The van der Waals surface area contributed by atoms with E-state index in [4.69, 9.17) is 0 Å². The summed E-state index contributed by atoms with van der Waals surface area (Å²) in [5.74, 6) is 0. The second-order valence-corrected chi connectivity index (χ2v) is 6.88. The predicted octanol–water partition coefficient (Wildman–Crippen LogP) is 5.47. The van der Waals surface area contributed by atoms with E-state index in [1.165, 1.54) is 12.2 Å². The van der Waals surface area contributed by atoms with Crippen LogP contribution < -0.4 is 0 Å². The fourth-order valence-corrected chi connectivity index (χ4v) is 2.98. The molecule has 0 atom stereocenters. The van der Waals surface area contributed by atoms with Crippen molar-refractivity contribution >= 4 is 45.9 Å². The van der Waals surface area contributed by atoms with Crippen molar-refractivity contribution in [2.75, 3.05) is 0 Å². The van der Waals surface area contributed by atoms with Crippen LogP contribution in [0.3, 0.4) is 0 Å². The van der Waals surface area contributed by atoms with E-state index in [0.717, 1.165) is 44.4 Å². The minimum absolute atomic E-state index is 0.0637. The Hall–Kier alpha value is -2.30. The summed E-state index contributed by atoms with van der Waals surface area (Å²) in [6.07, 6.45) is 6.62. The van der Waals surface area contributed by atoms with Crippen LogP contribution in [-0.4, -0.2) is 10.2 Å². The summed E-state index contributed by atoms with van der Waals surface area (Å²) >= 11 is 2.31. The molecule has 0 aliphatic heterocycles. The van der Waals surface area contributed by atoms with E-state index in [0.29, 0.717) is 0 Å². The van der Waals surface area contributed by atoms with Crippen LogP contribution >= 0.6 is 23.5 Å². The van der Waals surface area contributed by atoms with Crippen LogP contribution in [-0.2, 0) is 9.59 Å². The molecule has 0 saturated heterocycles. The number of rotatable bonds is 6. The zero-order valence-corrected chi connectivity index (χ0v) is 14.6. The Morgan fingerprint density at radius 1 is 0.667 bits per heavy atom. The molecule has 2 aromatic carbocycles. The summed E-state index contributed by atoms with van der Waals surface area (Å²) < 4.78 is 0. The largest absolute Gasteiger partial charge is 0.282 e. The average molecular weight is 352 g/mol. The van der Waals surface area contributed by atoms with E-state index in [2.05, 4.69) is 13.2 Å². The van der Waals surface area contributed by atoms with Gasteiger partial charge in [-0.2, -0.15) is 0 Å². The van der Waals surface area contributed by atoms with Gasteiger partial charge in [-0.25, -0.2) is 0 Å². The van der Waals surface area contributed by atoms with Gasteiger partial charge in [0.1, 0.15) is 0 Å². The van der Waals surface area contributed by atoms with E-state index in [9.17, 15) is 9.59 Å². The molecule has 0 unspecified atom stereocenters. The maximum atomic E-state index is 11.3. The molecule has 0 amide bonds. The van der Waals surface area contributed by atoms with Crippen LogP contribution in [0, 0.1) is 0 Å². The van der Waals surface area contributed by atoms with Crippen LogP contribution in [0.4, 0.5) is 0 Å². The normalized spacial score (nSPS) is 10.5. The van der Waals surface area contributed by atoms with E-state index < -0.39 is 0 Å². The molecule has 120 valence electrons. The lowest BCUT2D eigenvalue weighted by Gasteiger charge is -2.00. The van der Waals surface area contributed by atoms with Crippen LogP contribution in [0.2, 0.25) is 0 Å². The summed E-state index contributed by atoms with van der Waals surface area (Å²) in [5.41, 5.74) is 2.09. The van der Waals surface area contributed by atoms with Crippen molar-refractivity contribution in [2.24, 2.45) is 0 Å².